The molecule has 28 heavy (non-hydrogen) atoms. The van der Waals surface area contributed by atoms with Crippen molar-refractivity contribution in [3.05, 3.63) is 86.3 Å². The average molecular weight is 492 g/mol. The highest BCUT2D eigenvalue weighted by molar-refractivity contribution is 8.22. The van der Waals surface area contributed by atoms with Gasteiger partial charge in [-0.25, -0.2) is 4.98 Å². The quantitative estimate of drug-likeness (QED) is 0.334. The minimum absolute atomic E-state index is 0.0692. The molecule has 9 heteroatoms. The zero-order valence-electron chi connectivity index (χ0n) is 14.3. The maximum absolute atomic E-state index is 6.42. The number of benzene rings is 2. The zero-order chi connectivity index (χ0) is 20.1. The highest BCUT2D eigenvalue weighted by Crippen LogP contribution is 2.37. The summed E-state index contributed by atoms with van der Waals surface area (Å²) in [6, 6.07) is 10.8. The number of halogens is 4. The van der Waals surface area contributed by atoms with E-state index in [9.17, 15) is 0 Å². The van der Waals surface area contributed by atoms with Gasteiger partial charge >= 0.3 is 0 Å². The lowest BCUT2D eigenvalue weighted by atomic mass is 10.1. The fraction of sp³-hybridized carbons (Fsp3) is 0.158. The summed E-state index contributed by atoms with van der Waals surface area (Å²) in [6.45, 7) is 0.928. The molecule has 0 N–H and O–H groups in total. The fourth-order valence-electron chi connectivity index (χ4n) is 2.47. The van der Waals surface area contributed by atoms with E-state index in [1.165, 1.54) is 11.8 Å². The minimum Gasteiger partial charge on any atom is -0.474 e. The summed E-state index contributed by atoms with van der Waals surface area (Å²) in [7, 11) is 0. The highest BCUT2D eigenvalue weighted by atomic mass is 35.5. The van der Waals surface area contributed by atoms with Gasteiger partial charge < -0.3 is 9.30 Å². The van der Waals surface area contributed by atoms with Gasteiger partial charge in [0, 0.05) is 29.0 Å². The van der Waals surface area contributed by atoms with Crippen molar-refractivity contribution in [2.24, 2.45) is 0 Å². The van der Waals surface area contributed by atoms with Crippen molar-refractivity contribution in [3.63, 3.8) is 0 Å². The van der Waals surface area contributed by atoms with Gasteiger partial charge in [-0.05, 0) is 47.6 Å². The molecule has 0 bridgehead atoms. The Morgan fingerprint density at radius 1 is 1.07 bits per heavy atom. The van der Waals surface area contributed by atoms with Gasteiger partial charge in [-0.15, -0.1) is 0 Å². The van der Waals surface area contributed by atoms with Crippen molar-refractivity contribution in [2.75, 3.05) is 0 Å². The predicted octanol–water partition coefficient (Wildman–Crippen LogP) is 7.47. The van der Waals surface area contributed by atoms with Crippen LogP contribution in [0.5, 0.6) is 0 Å². The van der Waals surface area contributed by atoms with E-state index < -0.39 is 0 Å². The van der Waals surface area contributed by atoms with E-state index in [1.807, 2.05) is 29.0 Å². The number of thioether (sulfide) groups is 1. The molecule has 1 unspecified atom stereocenters. The van der Waals surface area contributed by atoms with Crippen LogP contribution >= 0.6 is 70.4 Å². The maximum Gasteiger partial charge on any atom is 0.220 e. The Balaban J connectivity index is 1.71. The Morgan fingerprint density at radius 2 is 1.89 bits per heavy atom. The van der Waals surface area contributed by atoms with Crippen LogP contribution in [0.15, 0.2) is 55.1 Å². The molecular weight excluding hydrogens is 478 g/mol. The van der Waals surface area contributed by atoms with Gasteiger partial charge in [0.2, 0.25) is 4.38 Å². The summed E-state index contributed by atoms with van der Waals surface area (Å²) in [4.78, 5) is 4.09. The van der Waals surface area contributed by atoms with Gasteiger partial charge in [0.05, 0.1) is 21.6 Å². The van der Waals surface area contributed by atoms with E-state index in [0.29, 0.717) is 37.6 Å². The van der Waals surface area contributed by atoms with Crippen LogP contribution in [0.4, 0.5) is 0 Å². The van der Waals surface area contributed by atoms with E-state index in [2.05, 4.69) is 4.98 Å². The third-order valence-corrected chi connectivity index (χ3v) is 6.53. The van der Waals surface area contributed by atoms with Crippen LogP contribution in [0.3, 0.4) is 0 Å². The van der Waals surface area contributed by atoms with Crippen molar-refractivity contribution in [1.82, 2.24) is 9.55 Å². The Morgan fingerprint density at radius 3 is 2.57 bits per heavy atom. The molecule has 0 aliphatic carbocycles. The smallest absolute Gasteiger partial charge is 0.220 e. The molecule has 1 atom stereocenters. The molecule has 0 radical (unpaired) electrons. The third kappa shape index (κ3) is 6.02. The number of hydrogen-bond acceptors (Lipinski definition) is 4. The average Bonchev–Trinajstić information content (AvgIpc) is 3.15. The molecule has 0 saturated heterocycles. The highest BCUT2D eigenvalue weighted by Gasteiger charge is 2.20. The molecule has 0 saturated carbocycles. The lowest BCUT2D eigenvalue weighted by molar-refractivity contribution is 0.310. The van der Waals surface area contributed by atoms with Crippen LogP contribution in [0.25, 0.3) is 0 Å². The largest absolute Gasteiger partial charge is 0.474 e. The van der Waals surface area contributed by atoms with Gasteiger partial charge in [0.15, 0.2) is 0 Å². The summed E-state index contributed by atoms with van der Waals surface area (Å²) in [6.07, 6.45) is 5.36. The van der Waals surface area contributed by atoms with Gasteiger partial charge in [-0.2, -0.15) is 0 Å². The topological polar surface area (TPSA) is 27.1 Å². The standard InChI is InChI=1S/C19H14Cl4N2OS2/c20-13-2-3-14(16(22)8-13)18(9-25-6-5-24-11-25)28-19(27)26-10-12-1-4-15(21)17(23)7-12/h1-8,11,18H,9-10H2. The van der Waals surface area contributed by atoms with Crippen molar-refractivity contribution in [3.8, 4) is 0 Å². The van der Waals surface area contributed by atoms with Crippen LogP contribution in [-0.2, 0) is 17.9 Å². The first-order valence-corrected chi connectivity index (χ1v) is 10.9. The van der Waals surface area contributed by atoms with Gasteiger partial charge in [-0.1, -0.05) is 70.3 Å². The van der Waals surface area contributed by atoms with Crippen molar-refractivity contribution in [2.45, 2.75) is 18.4 Å². The van der Waals surface area contributed by atoms with E-state index in [4.69, 9.17) is 63.4 Å². The lowest BCUT2D eigenvalue weighted by Crippen LogP contribution is -2.09. The van der Waals surface area contributed by atoms with Crippen LogP contribution < -0.4 is 0 Å². The number of rotatable bonds is 6. The zero-order valence-corrected chi connectivity index (χ0v) is 19.0. The van der Waals surface area contributed by atoms with Crippen LogP contribution in [-0.4, -0.2) is 13.9 Å². The number of aromatic nitrogens is 2. The van der Waals surface area contributed by atoms with E-state index >= 15 is 0 Å². The molecule has 1 aromatic heterocycles. The Kier molecular flexibility index (Phi) is 7.92. The summed E-state index contributed by atoms with van der Waals surface area (Å²) >= 11 is 31.3. The van der Waals surface area contributed by atoms with Crippen LogP contribution in [0, 0.1) is 0 Å². The molecule has 3 aromatic rings. The SMILES string of the molecule is S=C(OCc1ccc(Cl)c(Cl)c1)SC(Cn1ccnc1)c1ccc(Cl)cc1Cl. The second-order valence-electron chi connectivity index (χ2n) is 5.82. The molecule has 3 rings (SSSR count). The Bertz CT molecular complexity index is 967. The third-order valence-electron chi connectivity index (χ3n) is 3.82. The predicted molar refractivity (Wildman–Crippen MR) is 123 cm³/mol. The molecule has 0 fully saturated rings. The minimum atomic E-state index is -0.0692. The molecule has 0 aliphatic rings. The summed E-state index contributed by atoms with van der Waals surface area (Å²) in [5, 5.41) is 2.07. The van der Waals surface area contributed by atoms with Gasteiger partial charge in [-0.3, -0.25) is 0 Å². The van der Waals surface area contributed by atoms with Gasteiger partial charge in [0.25, 0.3) is 0 Å². The molecule has 3 nitrogen and oxygen atoms in total. The van der Waals surface area contributed by atoms with E-state index in [1.54, 1.807) is 30.7 Å². The summed E-state index contributed by atoms with van der Waals surface area (Å²) < 4.78 is 8.12. The second-order valence-corrected chi connectivity index (χ2v) is 9.28. The molecule has 0 spiro atoms. The van der Waals surface area contributed by atoms with Crippen LogP contribution in [0.2, 0.25) is 20.1 Å². The second kappa shape index (κ2) is 10.2. The molecule has 1 heterocycles. The maximum atomic E-state index is 6.42. The first-order chi connectivity index (χ1) is 13.4. The molecule has 146 valence electrons. The first kappa shape index (κ1) is 21.8. The number of ether oxygens (including phenoxy) is 1. The lowest BCUT2D eigenvalue weighted by Gasteiger charge is -2.19. The molecule has 0 aliphatic heterocycles. The van der Waals surface area contributed by atoms with Crippen molar-refractivity contribution < 1.29 is 4.74 Å². The summed E-state index contributed by atoms with van der Waals surface area (Å²) in [5.74, 6) is 0. The Labute approximate surface area is 192 Å². The molecule has 0 amide bonds. The molecular formula is C19H14Cl4N2OS2. The number of imidazole rings is 1. The van der Waals surface area contributed by atoms with Crippen molar-refractivity contribution in [1.29, 1.82) is 0 Å². The van der Waals surface area contributed by atoms with Crippen LogP contribution in [0.1, 0.15) is 16.4 Å². The number of hydrogen-bond donors (Lipinski definition) is 0. The summed E-state index contributed by atoms with van der Waals surface area (Å²) in [5.41, 5.74) is 1.80. The molecule has 2 aromatic carbocycles. The number of nitrogens with zero attached hydrogens (tertiary/aromatic N) is 2. The fourth-order valence-corrected chi connectivity index (χ4v) is 4.74. The first-order valence-electron chi connectivity index (χ1n) is 8.10. The van der Waals surface area contributed by atoms with Gasteiger partial charge in [0.1, 0.15) is 6.61 Å². The normalized spacial score (nSPS) is 12.0. The monoisotopic (exact) mass is 490 g/mol. The van der Waals surface area contributed by atoms with E-state index in [0.717, 1.165) is 11.1 Å². The number of thiocarbonyl (C=S) groups is 1. The Hall–Kier alpha value is -0.950. The van der Waals surface area contributed by atoms with Crippen molar-refractivity contribution >= 4 is 74.8 Å². The van der Waals surface area contributed by atoms with E-state index in [-0.39, 0.29) is 5.25 Å².